The highest BCUT2D eigenvalue weighted by molar-refractivity contribution is 5.77. The molecule has 0 aliphatic carbocycles. The number of aromatic nitrogens is 5. The van der Waals surface area contributed by atoms with Crippen LogP contribution in [-0.2, 0) is 16.1 Å². The van der Waals surface area contributed by atoms with Crippen LogP contribution in [0.1, 0.15) is 18.4 Å². The Bertz CT molecular complexity index is 1160. The van der Waals surface area contributed by atoms with E-state index >= 15 is 0 Å². The van der Waals surface area contributed by atoms with E-state index in [1.165, 1.54) is 0 Å². The first kappa shape index (κ1) is 18.4. The molecule has 1 fully saturated rings. The van der Waals surface area contributed by atoms with Crippen molar-refractivity contribution in [2.24, 2.45) is 0 Å². The van der Waals surface area contributed by atoms with Crippen molar-refractivity contribution in [3.05, 3.63) is 61.0 Å². The van der Waals surface area contributed by atoms with Gasteiger partial charge in [0.05, 0.1) is 30.5 Å². The zero-order chi connectivity index (χ0) is 20.3. The number of rotatable bonds is 5. The molecule has 0 N–H and O–H groups in total. The van der Waals surface area contributed by atoms with E-state index in [2.05, 4.69) is 20.1 Å². The largest absolute Gasteiger partial charge is 0.365 e. The van der Waals surface area contributed by atoms with Crippen LogP contribution >= 0.6 is 0 Å². The summed E-state index contributed by atoms with van der Waals surface area (Å²) in [6, 6.07) is 11.5. The first-order chi connectivity index (χ1) is 14.8. The quantitative estimate of drug-likeness (QED) is 0.504. The molecule has 1 saturated heterocycles. The Morgan fingerprint density at radius 2 is 2.03 bits per heavy atom. The van der Waals surface area contributed by atoms with Gasteiger partial charge in [-0.25, -0.2) is 4.98 Å². The van der Waals surface area contributed by atoms with E-state index in [9.17, 15) is 4.79 Å². The number of fused-ring (bicyclic) bond motifs is 1. The molecular weight excluding hydrogens is 384 g/mol. The normalized spacial score (nSPS) is 16.8. The lowest BCUT2D eigenvalue weighted by Crippen LogP contribution is -2.42. The zero-order valence-electron chi connectivity index (χ0n) is 16.2. The van der Waals surface area contributed by atoms with Crippen LogP contribution in [0, 0.1) is 0 Å². The number of hydrogen-bond donors (Lipinski definition) is 0. The molecule has 152 valence electrons. The van der Waals surface area contributed by atoms with Crippen LogP contribution in [0.2, 0.25) is 0 Å². The number of carbonyl (C=O) groups excluding carboxylic acids is 1. The standard InChI is InChI=1S/C21H20N6O3/c28-19(7-10-27-14-23-16-3-1-2-4-17(16)27)26-11-12-29-18(13-26)21-24-20(25-30-21)15-5-8-22-9-6-15/h1-6,8-9,14,18H,7,10-13H2/t18-/m0/s1. The highest BCUT2D eigenvalue weighted by Crippen LogP contribution is 2.24. The Morgan fingerprint density at radius 1 is 1.17 bits per heavy atom. The molecule has 4 aromatic rings. The molecule has 1 aromatic carbocycles. The lowest BCUT2D eigenvalue weighted by atomic mass is 10.2. The lowest BCUT2D eigenvalue weighted by molar-refractivity contribution is -0.140. The SMILES string of the molecule is O=C(CCn1cnc2ccccc21)N1CCO[C@H](c2nc(-c3ccncc3)no2)C1. The number of hydrogen-bond acceptors (Lipinski definition) is 7. The topological polar surface area (TPSA) is 99.2 Å². The van der Waals surface area contributed by atoms with Gasteiger partial charge in [-0.1, -0.05) is 17.3 Å². The number of benzene rings is 1. The van der Waals surface area contributed by atoms with Crippen LogP contribution in [0.25, 0.3) is 22.4 Å². The minimum absolute atomic E-state index is 0.0648. The highest BCUT2D eigenvalue weighted by atomic mass is 16.5. The smallest absolute Gasteiger partial charge is 0.257 e. The number of carbonyl (C=O) groups is 1. The third-order valence-corrected chi connectivity index (χ3v) is 5.17. The monoisotopic (exact) mass is 404 g/mol. The molecule has 0 saturated carbocycles. The van der Waals surface area contributed by atoms with E-state index in [4.69, 9.17) is 9.26 Å². The molecule has 1 aliphatic rings. The van der Waals surface area contributed by atoms with E-state index < -0.39 is 6.10 Å². The predicted molar refractivity (Wildman–Crippen MR) is 107 cm³/mol. The summed E-state index contributed by atoms with van der Waals surface area (Å²) in [6.45, 7) is 1.94. The van der Waals surface area contributed by atoms with Crippen LogP contribution in [0.15, 0.2) is 59.6 Å². The Balaban J connectivity index is 1.23. The van der Waals surface area contributed by atoms with E-state index in [1.807, 2.05) is 41.0 Å². The van der Waals surface area contributed by atoms with Gasteiger partial charge in [0.25, 0.3) is 5.89 Å². The molecular formula is C21H20N6O3. The Hall–Kier alpha value is -3.59. The average Bonchev–Trinajstić information content (AvgIpc) is 3.46. The number of nitrogens with zero attached hydrogens (tertiary/aromatic N) is 6. The van der Waals surface area contributed by atoms with Crippen molar-refractivity contribution in [1.29, 1.82) is 0 Å². The summed E-state index contributed by atoms with van der Waals surface area (Å²) < 4.78 is 13.2. The molecule has 9 heteroatoms. The molecule has 30 heavy (non-hydrogen) atoms. The summed E-state index contributed by atoms with van der Waals surface area (Å²) in [5, 5.41) is 4.02. The molecule has 0 spiro atoms. The summed E-state index contributed by atoms with van der Waals surface area (Å²) in [7, 11) is 0. The van der Waals surface area contributed by atoms with Gasteiger partial charge in [-0.05, 0) is 24.3 Å². The van der Waals surface area contributed by atoms with Crippen molar-refractivity contribution in [2.75, 3.05) is 19.7 Å². The fourth-order valence-electron chi connectivity index (χ4n) is 3.57. The van der Waals surface area contributed by atoms with Gasteiger partial charge in [0.2, 0.25) is 11.7 Å². The van der Waals surface area contributed by atoms with Crippen molar-refractivity contribution in [3.8, 4) is 11.4 Å². The molecule has 9 nitrogen and oxygen atoms in total. The van der Waals surface area contributed by atoms with E-state index in [0.717, 1.165) is 16.6 Å². The highest BCUT2D eigenvalue weighted by Gasteiger charge is 2.29. The minimum atomic E-state index is -0.431. The van der Waals surface area contributed by atoms with Gasteiger partial charge in [0.15, 0.2) is 6.10 Å². The van der Waals surface area contributed by atoms with Crippen molar-refractivity contribution < 1.29 is 14.1 Å². The summed E-state index contributed by atoms with van der Waals surface area (Å²) in [5.41, 5.74) is 2.77. The maximum Gasteiger partial charge on any atom is 0.257 e. The Kier molecular flexibility index (Phi) is 4.94. The molecule has 4 heterocycles. The fourth-order valence-corrected chi connectivity index (χ4v) is 3.57. The lowest BCUT2D eigenvalue weighted by Gasteiger charge is -2.31. The van der Waals surface area contributed by atoms with Gasteiger partial charge >= 0.3 is 0 Å². The Labute approximate surface area is 172 Å². The van der Waals surface area contributed by atoms with Gasteiger partial charge < -0.3 is 18.7 Å². The second kappa shape index (κ2) is 8.03. The van der Waals surface area contributed by atoms with Crippen LogP contribution in [0.5, 0.6) is 0 Å². The van der Waals surface area contributed by atoms with Gasteiger partial charge in [0, 0.05) is 37.5 Å². The van der Waals surface area contributed by atoms with Gasteiger partial charge in [0.1, 0.15) is 0 Å². The van der Waals surface area contributed by atoms with Gasteiger partial charge in [-0.15, -0.1) is 0 Å². The number of ether oxygens (including phenoxy) is 1. The first-order valence-electron chi connectivity index (χ1n) is 9.81. The van der Waals surface area contributed by atoms with E-state index in [0.29, 0.717) is 44.4 Å². The van der Waals surface area contributed by atoms with Crippen molar-refractivity contribution in [1.82, 2.24) is 29.6 Å². The van der Waals surface area contributed by atoms with E-state index in [-0.39, 0.29) is 5.91 Å². The third kappa shape index (κ3) is 3.67. The maximum atomic E-state index is 12.8. The third-order valence-electron chi connectivity index (χ3n) is 5.17. The maximum absolute atomic E-state index is 12.8. The molecule has 0 bridgehead atoms. The molecule has 5 rings (SSSR count). The molecule has 0 unspecified atom stereocenters. The summed E-state index contributed by atoms with van der Waals surface area (Å²) in [6.07, 6.45) is 5.08. The molecule has 1 atom stereocenters. The van der Waals surface area contributed by atoms with Crippen LogP contribution in [0.3, 0.4) is 0 Å². The predicted octanol–water partition coefficient (Wildman–Crippen LogP) is 2.47. The van der Waals surface area contributed by atoms with Crippen molar-refractivity contribution >= 4 is 16.9 Å². The second-order valence-corrected chi connectivity index (χ2v) is 7.07. The van der Waals surface area contributed by atoms with Gasteiger partial charge in [-0.3, -0.25) is 9.78 Å². The number of imidazole rings is 1. The minimum Gasteiger partial charge on any atom is -0.365 e. The van der Waals surface area contributed by atoms with Gasteiger partial charge in [-0.2, -0.15) is 4.98 Å². The van der Waals surface area contributed by atoms with Crippen LogP contribution in [0.4, 0.5) is 0 Å². The molecule has 3 aromatic heterocycles. The van der Waals surface area contributed by atoms with Crippen LogP contribution < -0.4 is 0 Å². The van der Waals surface area contributed by atoms with E-state index in [1.54, 1.807) is 23.6 Å². The summed E-state index contributed by atoms with van der Waals surface area (Å²) >= 11 is 0. The molecule has 1 aliphatic heterocycles. The number of pyridine rings is 1. The Morgan fingerprint density at radius 3 is 2.93 bits per heavy atom. The molecule has 1 amide bonds. The van der Waals surface area contributed by atoms with Crippen LogP contribution in [-0.4, -0.2) is 55.2 Å². The number of amides is 1. The second-order valence-electron chi connectivity index (χ2n) is 7.07. The summed E-state index contributed by atoms with van der Waals surface area (Å²) in [5.74, 6) is 0.918. The zero-order valence-corrected chi connectivity index (χ0v) is 16.2. The number of para-hydroxylation sites is 2. The van der Waals surface area contributed by atoms with Crippen molar-refractivity contribution in [2.45, 2.75) is 19.1 Å². The fraction of sp³-hybridized carbons (Fsp3) is 0.286. The number of morpholine rings is 1. The average molecular weight is 404 g/mol. The summed E-state index contributed by atoms with van der Waals surface area (Å²) in [4.78, 5) is 27.4. The number of aryl methyl sites for hydroxylation is 1. The first-order valence-corrected chi connectivity index (χ1v) is 9.81. The molecule has 0 radical (unpaired) electrons. The van der Waals surface area contributed by atoms with Crippen molar-refractivity contribution in [3.63, 3.8) is 0 Å².